The number of nitrogens with zero attached hydrogens (tertiary/aromatic N) is 1. The summed E-state index contributed by atoms with van der Waals surface area (Å²) in [4.78, 5) is 2.59. The molecule has 1 aromatic rings. The maximum Gasteiger partial charge on any atom is 0.0411 e. The molecule has 0 unspecified atom stereocenters. The van der Waals surface area contributed by atoms with Gasteiger partial charge in [-0.3, -0.25) is 0 Å². The summed E-state index contributed by atoms with van der Waals surface area (Å²) < 4.78 is 0. The van der Waals surface area contributed by atoms with Crippen LogP contribution in [0.5, 0.6) is 0 Å². The summed E-state index contributed by atoms with van der Waals surface area (Å²) in [6.07, 6.45) is 2.68. The Balaban J connectivity index is 1.97. The van der Waals surface area contributed by atoms with Crippen molar-refractivity contribution in [2.75, 3.05) is 24.5 Å². The largest absolute Gasteiger partial charge is 0.371 e. The SMILES string of the molecule is CC(C)CNCc1ccccc1N1CCC(C(C)C)CC1. The van der Waals surface area contributed by atoms with Crippen molar-refractivity contribution in [1.82, 2.24) is 5.32 Å². The predicted molar refractivity (Wildman–Crippen MR) is 92.8 cm³/mol. The van der Waals surface area contributed by atoms with Gasteiger partial charge in [-0.15, -0.1) is 0 Å². The van der Waals surface area contributed by atoms with Crippen LogP contribution in [-0.2, 0) is 6.54 Å². The van der Waals surface area contributed by atoms with Crippen molar-refractivity contribution >= 4 is 5.69 Å². The van der Waals surface area contributed by atoms with Gasteiger partial charge in [-0.25, -0.2) is 0 Å². The van der Waals surface area contributed by atoms with Gasteiger partial charge in [0.1, 0.15) is 0 Å². The predicted octanol–water partition coefficient (Wildman–Crippen LogP) is 4.30. The van der Waals surface area contributed by atoms with E-state index in [2.05, 4.69) is 62.2 Å². The van der Waals surface area contributed by atoms with E-state index in [1.807, 2.05) is 0 Å². The molecule has 0 aliphatic carbocycles. The summed E-state index contributed by atoms with van der Waals surface area (Å²) in [6.45, 7) is 13.7. The summed E-state index contributed by atoms with van der Waals surface area (Å²) in [5.41, 5.74) is 2.89. The molecule has 0 spiro atoms. The van der Waals surface area contributed by atoms with E-state index in [4.69, 9.17) is 0 Å². The molecule has 0 atom stereocenters. The number of nitrogens with one attached hydrogen (secondary N) is 1. The number of benzene rings is 1. The highest BCUT2D eigenvalue weighted by molar-refractivity contribution is 5.53. The van der Waals surface area contributed by atoms with Crippen molar-refractivity contribution in [2.24, 2.45) is 17.8 Å². The summed E-state index contributed by atoms with van der Waals surface area (Å²) >= 11 is 0. The van der Waals surface area contributed by atoms with Crippen molar-refractivity contribution in [2.45, 2.75) is 47.1 Å². The molecule has 1 N–H and O–H groups in total. The molecular weight excluding hydrogens is 256 g/mol. The highest BCUT2D eigenvalue weighted by atomic mass is 15.1. The van der Waals surface area contributed by atoms with Crippen LogP contribution in [0.2, 0.25) is 0 Å². The van der Waals surface area contributed by atoms with Crippen molar-refractivity contribution in [3.8, 4) is 0 Å². The van der Waals surface area contributed by atoms with Crippen molar-refractivity contribution in [3.05, 3.63) is 29.8 Å². The molecule has 1 aromatic carbocycles. The summed E-state index contributed by atoms with van der Waals surface area (Å²) in [7, 11) is 0. The van der Waals surface area contributed by atoms with Crippen LogP contribution in [0.25, 0.3) is 0 Å². The Hall–Kier alpha value is -1.02. The highest BCUT2D eigenvalue weighted by Crippen LogP contribution is 2.29. The van der Waals surface area contributed by atoms with E-state index in [0.29, 0.717) is 5.92 Å². The van der Waals surface area contributed by atoms with Gasteiger partial charge in [0, 0.05) is 25.3 Å². The fourth-order valence-corrected chi connectivity index (χ4v) is 3.27. The quantitative estimate of drug-likeness (QED) is 0.839. The van der Waals surface area contributed by atoms with Gasteiger partial charge < -0.3 is 10.2 Å². The number of para-hydroxylation sites is 1. The number of hydrogen-bond donors (Lipinski definition) is 1. The van der Waals surface area contributed by atoms with E-state index in [0.717, 1.165) is 24.9 Å². The van der Waals surface area contributed by atoms with E-state index >= 15 is 0 Å². The van der Waals surface area contributed by atoms with Crippen LogP contribution in [0.4, 0.5) is 5.69 Å². The van der Waals surface area contributed by atoms with Crippen LogP contribution in [0, 0.1) is 17.8 Å². The van der Waals surface area contributed by atoms with Crippen molar-refractivity contribution in [1.29, 1.82) is 0 Å². The zero-order chi connectivity index (χ0) is 15.2. The summed E-state index contributed by atoms with van der Waals surface area (Å²) in [5.74, 6) is 2.45. The maximum absolute atomic E-state index is 3.58. The van der Waals surface area contributed by atoms with Gasteiger partial charge in [-0.05, 0) is 48.8 Å². The van der Waals surface area contributed by atoms with Gasteiger partial charge in [0.15, 0.2) is 0 Å². The molecule has 0 bridgehead atoms. The molecular formula is C19H32N2. The van der Waals surface area contributed by atoms with E-state index in [1.165, 1.54) is 37.2 Å². The molecule has 1 heterocycles. The second kappa shape index (κ2) is 7.84. The number of anilines is 1. The monoisotopic (exact) mass is 288 g/mol. The first-order valence-corrected chi connectivity index (χ1v) is 8.61. The van der Waals surface area contributed by atoms with E-state index < -0.39 is 0 Å². The molecule has 0 aromatic heterocycles. The first-order chi connectivity index (χ1) is 10.1. The lowest BCUT2D eigenvalue weighted by molar-refractivity contribution is 0.311. The fourth-order valence-electron chi connectivity index (χ4n) is 3.27. The molecule has 1 saturated heterocycles. The zero-order valence-corrected chi connectivity index (χ0v) is 14.2. The van der Waals surface area contributed by atoms with Gasteiger partial charge in [-0.1, -0.05) is 45.9 Å². The van der Waals surface area contributed by atoms with Crippen LogP contribution in [0.3, 0.4) is 0 Å². The van der Waals surface area contributed by atoms with Crippen molar-refractivity contribution < 1.29 is 0 Å². The smallest absolute Gasteiger partial charge is 0.0411 e. The van der Waals surface area contributed by atoms with Crippen LogP contribution < -0.4 is 10.2 Å². The number of hydrogen-bond acceptors (Lipinski definition) is 2. The number of piperidine rings is 1. The Morgan fingerprint density at radius 3 is 2.38 bits per heavy atom. The third-order valence-corrected chi connectivity index (χ3v) is 4.68. The van der Waals surface area contributed by atoms with Crippen LogP contribution in [0.15, 0.2) is 24.3 Å². The Bertz CT molecular complexity index is 417. The molecule has 21 heavy (non-hydrogen) atoms. The molecule has 2 nitrogen and oxygen atoms in total. The van der Waals surface area contributed by atoms with E-state index in [-0.39, 0.29) is 0 Å². The highest BCUT2D eigenvalue weighted by Gasteiger charge is 2.22. The Kier molecular flexibility index (Phi) is 6.10. The zero-order valence-electron chi connectivity index (χ0n) is 14.2. The average Bonchev–Trinajstić information content (AvgIpc) is 2.47. The van der Waals surface area contributed by atoms with Crippen LogP contribution >= 0.6 is 0 Å². The molecule has 2 heteroatoms. The molecule has 1 fully saturated rings. The second-order valence-electron chi connectivity index (χ2n) is 7.22. The van der Waals surface area contributed by atoms with E-state index in [1.54, 1.807) is 0 Å². The lowest BCUT2D eigenvalue weighted by Crippen LogP contribution is -2.36. The number of rotatable bonds is 6. The molecule has 0 saturated carbocycles. The maximum atomic E-state index is 3.58. The minimum absolute atomic E-state index is 0.707. The standard InChI is InChI=1S/C19H32N2/c1-15(2)13-20-14-18-7-5-6-8-19(18)21-11-9-17(10-12-21)16(3)4/h5-8,15-17,20H,9-14H2,1-4H3. The Labute approximate surface area is 130 Å². The van der Waals surface area contributed by atoms with Gasteiger partial charge in [0.05, 0.1) is 0 Å². The summed E-state index contributed by atoms with van der Waals surface area (Å²) in [6, 6.07) is 8.91. The van der Waals surface area contributed by atoms with E-state index in [9.17, 15) is 0 Å². The first kappa shape index (κ1) is 16.4. The topological polar surface area (TPSA) is 15.3 Å². The Morgan fingerprint density at radius 2 is 1.76 bits per heavy atom. The first-order valence-electron chi connectivity index (χ1n) is 8.61. The molecule has 2 rings (SSSR count). The van der Waals surface area contributed by atoms with Gasteiger partial charge in [0.2, 0.25) is 0 Å². The van der Waals surface area contributed by atoms with Crippen LogP contribution in [0.1, 0.15) is 46.1 Å². The molecule has 1 aliphatic heterocycles. The minimum atomic E-state index is 0.707. The lowest BCUT2D eigenvalue weighted by Gasteiger charge is -2.36. The molecule has 0 radical (unpaired) electrons. The van der Waals surface area contributed by atoms with Gasteiger partial charge >= 0.3 is 0 Å². The fraction of sp³-hybridized carbons (Fsp3) is 0.684. The van der Waals surface area contributed by atoms with Gasteiger partial charge in [0.25, 0.3) is 0 Å². The lowest BCUT2D eigenvalue weighted by atomic mass is 9.86. The molecule has 0 amide bonds. The molecule has 118 valence electrons. The average molecular weight is 288 g/mol. The third-order valence-electron chi connectivity index (χ3n) is 4.68. The van der Waals surface area contributed by atoms with Gasteiger partial charge in [-0.2, -0.15) is 0 Å². The third kappa shape index (κ3) is 4.74. The minimum Gasteiger partial charge on any atom is -0.371 e. The summed E-state index contributed by atoms with van der Waals surface area (Å²) in [5, 5.41) is 3.58. The normalized spacial score (nSPS) is 17.0. The molecule has 1 aliphatic rings. The van der Waals surface area contributed by atoms with Crippen molar-refractivity contribution in [3.63, 3.8) is 0 Å². The van der Waals surface area contributed by atoms with Crippen LogP contribution in [-0.4, -0.2) is 19.6 Å². The second-order valence-corrected chi connectivity index (χ2v) is 7.22. The Morgan fingerprint density at radius 1 is 1.10 bits per heavy atom.